The quantitative estimate of drug-likeness (QED) is 0.0913. The SMILES string of the molecule is C[C@H](O)[C@@H](NC(=O)C1=C[C@H]2OC(C3CC3)(C3CC3)O[C@H]2[C@H](OC(=O)c2ccccc2C=CCO[C@H]2O[C@H](CO)[C@H](O)[C@H](O)[C@H]2O)C1)C(=O)N[C@H](CO)CCC(=O)OC(C)(C)C. The van der Waals surface area contributed by atoms with Crippen molar-refractivity contribution in [2.24, 2.45) is 11.8 Å². The van der Waals surface area contributed by atoms with Gasteiger partial charge in [0.2, 0.25) is 11.8 Å². The molecule has 3 aliphatic carbocycles. The van der Waals surface area contributed by atoms with Gasteiger partial charge in [-0.05, 0) is 77.5 Å². The van der Waals surface area contributed by atoms with Crippen LogP contribution in [0.15, 0.2) is 42.0 Å². The normalized spacial score (nSPS) is 30.1. The number of amides is 2. The molecule has 0 aromatic heterocycles. The fourth-order valence-electron chi connectivity index (χ4n) is 7.95. The van der Waals surface area contributed by atoms with E-state index in [1.54, 1.807) is 63.3 Å². The van der Waals surface area contributed by atoms with Crippen molar-refractivity contribution in [3.05, 3.63) is 53.1 Å². The third kappa shape index (κ3) is 11.4. The van der Waals surface area contributed by atoms with E-state index in [9.17, 15) is 49.8 Å². The molecule has 4 fully saturated rings. The van der Waals surface area contributed by atoms with Gasteiger partial charge in [-0.15, -0.1) is 0 Å². The molecule has 0 bridgehead atoms. The van der Waals surface area contributed by atoms with Gasteiger partial charge >= 0.3 is 11.9 Å². The van der Waals surface area contributed by atoms with Crippen LogP contribution >= 0.6 is 0 Å². The zero-order chi connectivity index (χ0) is 44.2. The summed E-state index contributed by atoms with van der Waals surface area (Å²) in [5.41, 5.74) is 0.0507. The zero-order valence-corrected chi connectivity index (χ0v) is 34.9. The molecule has 6 rings (SSSR count). The molecule has 2 saturated heterocycles. The second-order valence-corrected chi connectivity index (χ2v) is 17.5. The molecule has 1 aromatic carbocycles. The lowest BCUT2D eigenvalue weighted by atomic mass is 9.91. The molecule has 18 nitrogen and oxygen atoms in total. The minimum absolute atomic E-state index is 0.0504. The molecule has 0 unspecified atom stereocenters. The van der Waals surface area contributed by atoms with Crippen LogP contribution in [0.25, 0.3) is 6.08 Å². The number of nitrogens with one attached hydrogen (secondary N) is 2. The Morgan fingerprint density at radius 3 is 2.28 bits per heavy atom. The molecule has 2 saturated carbocycles. The van der Waals surface area contributed by atoms with Gasteiger partial charge in [0.15, 0.2) is 12.1 Å². The Morgan fingerprint density at radius 1 is 0.967 bits per heavy atom. The lowest BCUT2D eigenvalue weighted by Crippen LogP contribution is -2.59. The van der Waals surface area contributed by atoms with Crippen LogP contribution in [0.3, 0.4) is 0 Å². The van der Waals surface area contributed by atoms with Gasteiger partial charge in [0.1, 0.15) is 54.4 Å². The predicted molar refractivity (Wildman–Crippen MR) is 213 cm³/mol. The van der Waals surface area contributed by atoms with Crippen LogP contribution < -0.4 is 10.6 Å². The highest BCUT2D eigenvalue weighted by Crippen LogP contribution is 2.59. The minimum atomic E-state index is -1.60. The Hall–Kier alpha value is -3.82. The summed E-state index contributed by atoms with van der Waals surface area (Å²) in [5, 5.41) is 65.6. The fraction of sp³-hybridized carbons (Fsp3) is 0.674. The van der Waals surface area contributed by atoms with Crippen LogP contribution in [0, 0.1) is 11.8 Å². The Morgan fingerprint density at radius 2 is 1.66 bits per heavy atom. The van der Waals surface area contributed by atoms with E-state index in [0.29, 0.717) is 5.56 Å². The van der Waals surface area contributed by atoms with Gasteiger partial charge in [0.25, 0.3) is 0 Å². The van der Waals surface area contributed by atoms with Gasteiger partial charge in [-0.3, -0.25) is 14.4 Å². The number of hydrogen-bond donors (Lipinski definition) is 8. The molecule has 2 aliphatic heterocycles. The number of benzene rings is 1. The third-order valence-corrected chi connectivity index (χ3v) is 11.4. The fourth-order valence-corrected chi connectivity index (χ4v) is 7.95. The average molecular weight is 861 g/mol. The van der Waals surface area contributed by atoms with Gasteiger partial charge in [0, 0.05) is 30.3 Å². The van der Waals surface area contributed by atoms with Crippen molar-refractivity contribution in [2.75, 3.05) is 19.8 Å². The van der Waals surface area contributed by atoms with Crippen molar-refractivity contribution in [2.45, 2.75) is 151 Å². The van der Waals surface area contributed by atoms with Crippen molar-refractivity contribution >= 4 is 29.8 Å². The maximum absolute atomic E-state index is 14.0. The summed E-state index contributed by atoms with van der Waals surface area (Å²) in [5.74, 6) is -3.30. The number of aliphatic hydroxyl groups is 6. The van der Waals surface area contributed by atoms with E-state index in [4.69, 9.17) is 28.4 Å². The molecular formula is C43H60N2O16. The average Bonchev–Trinajstić information content (AvgIpc) is 4.17. The molecule has 5 aliphatic rings. The van der Waals surface area contributed by atoms with E-state index in [1.165, 1.54) is 6.92 Å². The highest BCUT2D eigenvalue weighted by atomic mass is 16.8. The van der Waals surface area contributed by atoms with E-state index in [1.807, 2.05) is 0 Å². The zero-order valence-electron chi connectivity index (χ0n) is 34.9. The van der Waals surface area contributed by atoms with Crippen LogP contribution in [0.4, 0.5) is 0 Å². The van der Waals surface area contributed by atoms with Gasteiger partial charge in [0.05, 0.1) is 37.5 Å². The number of aliphatic hydroxyl groups excluding tert-OH is 6. The van der Waals surface area contributed by atoms with E-state index < -0.39 is 116 Å². The standard InChI is InChI=1S/C43H60N2O16/c1-22(48)33(39(54)44-27(20-46)15-16-32(49)60-42(2,3)4)45-38(53)24-18-29(37-30(19-24)59-43(61-37,25-11-12-25)26-13-14-26)57-40(55)28-10-6-5-8-23(28)9-7-17-56-41-36(52)35(51)34(50)31(21-47)58-41/h5-10,19,22,25-27,29-31,33-37,41,46-48,50-52H,11-18,20-21H2,1-4H3,(H,44,54)(H,45,53)/t22-,27-,29+,30+,31+,33+,34-,35-,36+,37-,41-/m0/s1. The lowest BCUT2D eigenvalue weighted by Gasteiger charge is -2.39. The highest BCUT2D eigenvalue weighted by Gasteiger charge is 2.64. The molecule has 338 valence electrons. The molecule has 8 N–H and O–H groups in total. The first kappa shape index (κ1) is 46.7. The molecule has 0 spiro atoms. The van der Waals surface area contributed by atoms with Crippen LogP contribution in [-0.4, -0.2) is 153 Å². The molecule has 18 heteroatoms. The van der Waals surface area contributed by atoms with Crippen LogP contribution in [0.5, 0.6) is 0 Å². The second kappa shape index (κ2) is 19.7. The Kier molecular flexibility index (Phi) is 15.1. The first-order chi connectivity index (χ1) is 28.9. The van der Waals surface area contributed by atoms with Crippen LogP contribution in [-0.2, 0) is 42.8 Å². The van der Waals surface area contributed by atoms with E-state index in [2.05, 4.69) is 10.6 Å². The highest BCUT2D eigenvalue weighted by molar-refractivity contribution is 5.98. The Labute approximate surface area is 354 Å². The number of fused-ring (bicyclic) bond motifs is 1. The summed E-state index contributed by atoms with van der Waals surface area (Å²) in [6.45, 7) is 5.24. The monoisotopic (exact) mass is 860 g/mol. The van der Waals surface area contributed by atoms with Crippen molar-refractivity contribution in [3.63, 3.8) is 0 Å². The number of rotatable bonds is 18. The summed E-state index contributed by atoms with van der Waals surface area (Å²) < 4.78 is 35.8. The predicted octanol–water partition coefficient (Wildman–Crippen LogP) is 0.137. The number of carbonyl (C=O) groups excluding carboxylic acids is 4. The summed E-state index contributed by atoms with van der Waals surface area (Å²) in [6, 6.07) is 4.28. The lowest BCUT2D eigenvalue weighted by molar-refractivity contribution is -0.298. The second-order valence-electron chi connectivity index (χ2n) is 17.5. The van der Waals surface area contributed by atoms with Crippen molar-refractivity contribution < 1.29 is 78.2 Å². The van der Waals surface area contributed by atoms with Crippen molar-refractivity contribution in [3.8, 4) is 0 Å². The van der Waals surface area contributed by atoms with E-state index >= 15 is 0 Å². The Balaban J connectivity index is 1.14. The van der Waals surface area contributed by atoms with Gasteiger partial charge < -0.3 is 69.7 Å². The van der Waals surface area contributed by atoms with E-state index in [-0.39, 0.29) is 48.8 Å². The van der Waals surface area contributed by atoms with Crippen LogP contribution in [0.2, 0.25) is 0 Å². The maximum Gasteiger partial charge on any atom is 0.339 e. The van der Waals surface area contributed by atoms with Crippen molar-refractivity contribution in [1.82, 2.24) is 10.6 Å². The van der Waals surface area contributed by atoms with E-state index in [0.717, 1.165) is 25.7 Å². The van der Waals surface area contributed by atoms with Gasteiger partial charge in [-0.1, -0.05) is 30.4 Å². The molecule has 1 aromatic rings. The molecule has 2 amide bonds. The smallest absolute Gasteiger partial charge is 0.339 e. The molecule has 2 heterocycles. The summed E-state index contributed by atoms with van der Waals surface area (Å²) >= 11 is 0. The number of ether oxygens (including phenoxy) is 6. The minimum Gasteiger partial charge on any atom is -0.460 e. The number of esters is 2. The topological polar surface area (TPSA) is 269 Å². The van der Waals surface area contributed by atoms with Crippen LogP contribution in [0.1, 0.15) is 88.6 Å². The number of hydrogen-bond acceptors (Lipinski definition) is 16. The third-order valence-electron chi connectivity index (χ3n) is 11.4. The van der Waals surface area contributed by atoms with Gasteiger partial charge in [-0.2, -0.15) is 0 Å². The number of carbonyl (C=O) groups is 4. The van der Waals surface area contributed by atoms with Gasteiger partial charge in [-0.25, -0.2) is 4.79 Å². The molecule has 0 radical (unpaired) electrons. The summed E-state index contributed by atoms with van der Waals surface area (Å²) in [6.07, 6.45) is -2.82. The molecule has 61 heavy (non-hydrogen) atoms. The molecule has 11 atom stereocenters. The van der Waals surface area contributed by atoms with Crippen molar-refractivity contribution in [1.29, 1.82) is 0 Å². The summed E-state index contributed by atoms with van der Waals surface area (Å²) in [4.78, 5) is 53.6. The first-order valence-electron chi connectivity index (χ1n) is 21.0. The maximum atomic E-state index is 14.0. The Bertz CT molecular complexity index is 1770. The molecular weight excluding hydrogens is 800 g/mol. The largest absolute Gasteiger partial charge is 0.460 e. The summed E-state index contributed by atoms with van der Waals surface area (Å²) in [7, 11) is 0. The first-order valence-corrected chi connectivity index (χ1v) is 21.0.